The van der Waals surface area contributed by atoms with E-state index >= 15 is 0 Å². The summed E-state index contributed by atoms with van der Waals surface area (Å²) in [5.41, 5.74) is 2.81. The summed E-state index contributed by atoms with van der Waals surface area (Å²) >= 11 is 0. The summed E-state index contributed by atoms with van der Waals surface area (Å²) in [6.45, 7) is 3.66. The third kappa shape index (κ3) is 4.42. The Hall–Kier alpha value is -2.73. The van der Waals surface area contributed by atoms with E-state index in [2.05, 4.69) is 46.0 Å². The van der Waals surface area contributed by atoms with E-state index in [9.17, 15) is 13.2 Å². The normalized spacial score (nSPS) is 19.7. The number of rotatable bonds is 4. The molecule has 0 aliphatic carbocycles. The summed E-state index contributed by atoms with van der Waals surface area (Å²) in [6.07, 6.45) is 0.758. The van der Waals surface area contributed by atoms with Crippen LogP contribution in [0.5, 0.6) is 5.75 Å². The van der Waals surface area contributed by atoms with Gasteiger partial charge in [0.2, 0.25) is 0 Å². The summed E-state index contributed by atoms with van der Waals surface area (Å²) in [7, 11) is 0. The molecule has 3 aromatic rings. The third-order valence-corrected chi connectivity index (χ3v) is 6.78. The predicted octanol–water partition coefficient (Wildman–Crippen LogP) is 5.94. The molecule has 0 amide bonds. The average molecular weight is 441 g/mol. The van der Waals surface area contributed by atoms with Crippen LogP contribution in [0.3, 0.4) is 0 Å². The largest absolute Gasteiger partial charge is 0.484 e. The maximum Gasteiger partial charge on any atom is 0.416 e. The van der Waals surface area contributed by atoms with Gasteiger partial charge in [-0.05, 0) is 68.2 Å². The number of nitrogens with zero attached hydrogens (tertiary/aromatic N) is 2. The second-order valence-corrected chi connectivity index (χ2v) is 8.83. The van der Waals surface area contributed by atoms with Crippen molar-refractivity contribution in [2.75, 3.05) is 19.6 Å². The molecule has 2 aliphatic heterocycles. The number of alkyl halides is 3. The Labute approximate surface area is 186 Å². The lowest BCUT2D eigenvalue weighted by Crippen LogP contribution is -2.38. The topological polar surface area (TPSA) is 17.4 Å². The van der Waals surface area contributed by atoms with E-state index < -0.39 is 11.7 Å². The molecule has 3 heterocycles. The molecular formula is C26H27F3N2O. The highest BCUT2D eigenvalue weighted by molar-refractivity contribution is 5.36. The summed E-state index contributed by atoms with van der Waals surface area (Å²) in [6, 6.07) is 18.1. The van der Waals surface area contributed by atoms with E-state index in [0.29, 0.717) is 5.92 Å². The Bertz CT molecular complexity index is 1050. The number of benzene rings is 2. The fraction of sp³-hybridized carbons (Fsp3) is 0.385. The zero-order valence-corrected chi connectivity index (χ0v) is 17.9. The molecule has 3 nitrogen and oxygen atoms in total. The van der Waals surface area contributed by atoms with Crippen LogP contribution in [0, 0.1) is 5.92 Å². The monoisotopic (exact) mass is 440 g/mol. The molecule has 0 bridgehead atoms. The van der Waals surface area contributed by atoms with Crippen LogP contribution >= 0.6 is 0 Å². The summed E-state index contributed by atoms with van der Waals surface area (Å²) < 4.78 is 47.1. The second-order valence-electron chi connectivity index (χ2n) is 8.83. The number of para-hydroxylation sites is 1. The summed E-state index contributed by atoms with van der Waals surface area (Å²) in [5.74, 6) is 1.42. The Morgan fingerprint density at radius 2 is 1.66 bits per heavy atom. The molecule has 1 saturated heterocycles. The second kappa shape index (κ2) is 8.66. The standard InChI is InChI=1S/C26H27F3N2O/c27-26(28,29)22-9-7-19(8-10-22)11-15-30-16-12-20(13-17-30)25-23-5-3-14-31(23)18-21-4-1-2-6-24(21)32-25/h1-10,14,20,25H,11-13,15-18H2. The van der Waals surface area contributed by atoms with Crippen LogP contribution in [-0.4, -0.2) is 29.1 Å². The number of ether oxygens (including phenoxy) is 1. The highest BCUT2D eigenvalue weighted by Crippen LogP contribution is 2.39. The van der Waals surface area contributed by atoms with Crippen molar-refractivity contribution >= 4 is 0 Å². The van der Waals surface area contributed by atoms with Crippen molar-refractivity contribution in [3.05, 3.63) is 89.2 Å². The number of likely N-dealkylation sites (tertiary alicyclic amines) is 1. The Balaban J connectivity index is 1.20. The van der Waals surface area contributed by atoms with Gasteiger partial charge in [-0.15, -0.1) is 0 Å². The molecule has 168 valence electrons. The number of fused-ring (bicyclic) bond motifs is 2. The van der Waals surface area contributed by atoms with Crippen molar-refractivity contribution in [1.29, 1.82) is 0 Å². The van der Waals surface area contributed by atoms with E-state index in [1.54, 1.807) is 12.1 Å². The molecule has 0 N–H and O–H groups in total. The molecule has 1 fully saturated rings. The molecule has 0 spiro atoms. The molecule has 5 rings (SSSR count). The minimum Gasteiger partial charge on any atom is -0.484 e. The first kappa shape index (κ1) is 21.1. The molecule has 1 unspecified atom stereocenters. The quantitative estimate of drug-likeness (QED) is 0.499. The van der Waals surface area contributed by atoms with Gasteiger partial charge in [0, 0.05) is 24.2 Å². The van der Waals surface area contributed by atoms with Crippen LogP contribution in [0.4, 0.5) is 13.2 Å². The van der Waals surface area contributed by atoms with E-state index in [1.165, 1.54) is 23.4 Å². The lowest BCUT2D eigenvalue weighted by atomic mass is 9.89. The Morgan fingerprint density at radius 3 is 2.41 bits per heavy atom. The smallest absolute Gasteiger partial charge is 0.416 e. The van der Waals surface area contributed by atoms with Crippen LogP contribution < -0.4 is 4.74 Å². The lowest BCUT2D eigenvalue weighted by Gasteiger charge is -2.36. The van der Waals surface area contributed by atoms with Gasteiger partial charge in [-0.3, -0.25) is 0 Å². The van der Waals surface area contributed by atoms with Crippen molar-refractivity contribution in [2.45, 2.75) is 38.1 Å². The fourth-order valence-electron chi connectivity index (χ4n) is 4.92. The van der Waals surface area contributed by atoms with Gasteiger partial charge in [0.25, 0.3) is 0 Å². The van der Waals surface area contributed by atoms with E-state index in [-0.39, 0.29) is 6.10 Å². The summed E-state index contributed by atoms with van der Waals surface area (Å²) in [4.78, 5) is 2.41. The highest BCUT2D eigenvalue weighted by Gasteiger charge is 2.33. The van der Waals surface area contributed by atoms with E-state index in [4.69, 9.17) is 4.74 Å². The first-order valence-corrected chi connectivity index (χ1v) is 11.3. The third-order valence-electron chi connectivity index (χ3n) is 6.78. The maximum absolute atomic E-state index is 12.7. The predicted molar refractivity (Wildman–Crippen MR) is 118 cm³/mol. The number of hydrogen-bond acceptors (Lipinski definition) is 2. The van der Waals surface area contributed by atoms with Gasteiger partial charge in [0.15, 0.2) is 0 Å². The molecule has 2 aliphatic rings. The number of hydrogen-bond donors (Lipinski definition) is 0. The highest BCUT2D eigenvalue weighted by atomic mass is 19.4. The molecule has 1 aromatic heterocycles. The Morgan fingerprint density at radius 1 is 0.906 bits per heavy atom. The van der Waals surface area contributed by atoms with Gasteiger partial charge in [0.05, 0.1) is 17.8 Å². The fourth-order valence-corrected chi connectivity index (χ4v) is 4.92. The van der Waals surface area contributed by atoms with Gasteiger partial charge in [-0.1, -0.05) is 30.3 Å². The van der Waals surface area contributed by atoms with Crippen molar-refractivity contribution < 1.29 is 17.9 Å². The van der Waals surface area contributed by atoms with E-state index in [1.807, 2.05) is 6.07 Å². The zero-order chi connectivity index (χ0) is 22.1. The van der Waals surface area contributed by atoms with Crippen LogP contribution in [0.1, 0.15) is 41.3 Å². The molecule has 32 heavy (non-hydrogen) atoms. The van der Waals surface area contributed by atoms with Gasteiger partial charge >= 0.3 is 6.18 Å². The van der Waals surface area contributed by atoms with Crippen LogP contribution in [0.25, 0.3) is 0 Å². The van der Waals surface area contributed by atoms with Gasteiger partial charge < -0.3 is 14.2 Å². The van der Waals surface area contributed by atoms with Crippen LogP contribution in [-0.2, 0) is 19.1 Å². The molecule has 2 aromatic carbocycles. The lowest BCUT2D eigenvalue weighted by molar-refractivity contribution is -0.137. The first-order valence-electron chi connectivity index (χ1n) is 11.3. The zero-order valence-electron chi connectivity index (χ0n) is 17.9. The van der Waals surface area contributed by atoms with E-state index in [0.717, 1.165) is 56.8 Å². The van der Waals surface area contributed by atoms with Gasteiger partial charge in [-0.25, -0.2) is 0 Å². The molecule has 0 saturated carbocycles. The van der Waals surface area contributed by atoms with Gasteiger partial charge in [-0.2, -0.15) is 13.2 Å². The van der Waals surface area contributed by atoms with Crippen molar-refractivity contribution in [1.82, 2.24) is 9.47 Å². The number of piperidine rings is 1. The van der Waals surface area contributed by atoms with Crippen LogP contribution in [0.15, 0.2) is 66.9 Å². The molecular weight excluding hydrogens is 413 g/mol. The number of halogens is 3. The van der Waals surface area contributed by atoms with Crippen molar-refractivity contribution in [2.24, 2.45) is 5.92 Å². The van der Waals surface area contributed by atoms with Gasteiger partial charge in [0.1, 0.15) is 11.9 Å². The molecule has 6 heteroatoms. The summed E-state index contributed by atoms with van der Waals surface area (Å²) in [5, 5.41) is 0. The van der Waals surface area contributed by atoms with Crippen molar-refractivity contribution in [3.63, 3.8) is 0 Å². The van der Waals surface area contributed by atoms with Crippen LogP contribution in [0.2, 0.25) is 0 Å². The minimum absolute atomic E-state index is 0.0470. The number of aromatic nitrogens is 1. The molecule has 1 atom stereocenters. The molecule has 0 radical (unpaired) electrons. The minimum atomic E-state index is -4.28. The van der Waals surface area contributed by atoms with Crippen molar-refractivity contribution in [3.8, 4) is 5.75 Å². The SMILES string of the molecule is FC(F)(F)c1ccc(CCN2CCC(C3Oc4ccccc4Cn4cccc43)CC2)cc1. The first-order chi connectivity index (χ1) is 15.5. The Kier molecular flexibility index (Phi) is 5.72. The maximum atomic E-state index is 12.7. The average Bonchev–Trinajstić information content (AvgIpc) is 3.19.